The maximum Gasteiger partial charge on any atom is 0.500 e. The van der Waals surface area contributed by atoms with E-state index in [4.69, 9.17) is 26.6 Å². The van der Waals surface area contributed by atoms with E-state index in [1.807, 2.05) is 0 Å². The van der Waals surface area contributed by atoms with Crippen LogP contribution in [0.2, 0.25) is 12.1 Å². The third-order valence-electron chi connectivity index (χ3n) is 5.25. The molecule has 0 spiro atoms. The second-order valence-corrected chi connectivity index (χ2v) is 12.7. The van der Waals surface area contributed by atoms with Gasteiger partial charge in [0.05, 0.1) is 0 Å². The Balaban J connectivity index is 2.22. The van der Waals surface area contributed by atoms with E-state index < -0.39 is 17.6 Å². The van der Waals surface area contributed by atoms with Crippen molar-refractivity contribution in [2.45, 2.75) is 24.9 Å². The largest absolute Gasteiger partial charge is 0.500 e. The molecule has 8 nitrogen and oxygen atoms in total. The van der Waals surface area contributed by atoms with Gasteiger partial charge in [0.25, 0.3) is 0 Å². The van der Waals surface area contributed by atoms with E-state index in [0.717, 1.165) is 64.2 Å². The zero-order valence-electron chi connectivity index (χ0n) is 17.4. The fraction of sp³-hybridized carbons (Fsp3) is 1.00. The highest BCUT2D eigenvalue weighted by Crippen LogP contribution is 2.17. The Morgan fingerprint density at radius 1 is 0.538 bits per heavy atom. The van der Waals surface area contributed by atoms with E-state index in [0.29, 0.717) is 0 Å². The van der Waals surface area contributed by atoms with Gasteiger partial charge in [0, 0.05) is 80.9 Å². The molecule has 0 aromatic carbocycles. The summed E-state index contributed by atoms with van der Waals surface area (Å²) in [6.45, 7) is 6.52. The highest BCUT2D eigenvalue weighted by molar-refractivity contribution is 6.60. The Morgan fingerprint density at radius 3 is 1.04 bits per heavy atom. The van der Waals surface area contributed by atoms with Gasteiger partial charge in [0.1, 0.15) is 0 Å². The van der Waals surface area contributed by atoms with Crippen molar-refractivity contribution in [2.24, 2.45) is 0 Å². The molecular formula is C16H38N2O6Si2. The van der Waals surface area contributed by atoms with Crippen molar-refractivity contribution in [3.63, 3.8) is 0 Å². The molecule has 1 saturated heterocycles. The topological polar surface area (TPSA) is 61.9 Å². The third kappa shape index (κ3) is 7.26. The van der Waals surface area contributed by atoms with Crippen LogP contribution in [-0.2, 0) is 26.6 Å². The molecular weight excluding hydrogens is 372 g/mol. The van der Waals surface area contributed by atoms with E-state index in [-0.39, 0.29) is 0 Å². The van der Waals surface area contributed by atoms with Crippen LogP contribution in [0, 0.1) is 0 Å². The summed E-state index contributed by atoms with van der Waals surface area (Å²) in [5, 5.41) is 0. The van der Waals surface area contributed by atoms with Crippen LogP contribution in [0.25, 0.3) is 0 Å². The van der Waals surface area contributed by atoms with Crippen LogP contribution in [0.3, 0.4) is 0 Å². The van der Waals surface area contributed by atoms with Crippen LogP contribution in [0.4, 0.5) is 0 Å². The molecule has 0 unspecified atom stereocenters. The molecule has 0 radical (unpaired) electrons. The Bertz CT molecular complexity index is 314. The number of piperazine rings is 1. The van der Waals surface area contributed by atoms with E-state index >= 15 is 0 Å². The molecule has 156 valence electrons. The number of hydrogen-bond acceptors (Lipinski definition) is 8. The molecule has 0 atom stereocenters. The molecule has 0 saturated carbocycles. The minimum atomic E-state index is -2.43. The summed E-state index contributed by atoms with van der Waals surface area (Å²) in [5.41, 5.74) is 0. The van der Waals surface area contributed by atoms with Crippen molar-refractivity contribution in [3.05, 3.63) is 0 Å². The quantitative estimate of drug-likeness (QED) is 0.395. The zero-order chi connectivity index (χ0) is 19.5. The first-order chi connectivity index (χ1) is 12.5. The maximum absolute atomic E-state index is 5.48. The molecule has 1 fully saturated rings. The lowest BCUT2D eigenvalue weighted by atomic mass is 10.3. The van der Waals surface area contributed by atoms with Crippen molar-refractivity contribution in [1.29, 1.82) is 0 Å². The van der Waals surface area contributed by atoms with Gasteiger partial charge >= 0.3 is 17.6 Å². The summed E-state index contributed by atoms with van der Waals surface area (Å²) in [7, 11) is 5.18. The predicted octanol–water partition coefficient (Wildman–Crippen LogP) is 1.14. The first-order valence-corrected chi connectivity index (χ1v) is 13.1. The van der Waals surface area contributed by atoms with Gasteiger partial charge in [-0.25, -0.2) is 0 Å². The number of rotatable bonds is 14. The van der Waals surface area contributed by atoms with Crippen LogP contribution in [-0.4, -0.2) is 109 Å². The van der Waals surface area contributed by atoms with E-state index in [2.05, 4.69) is 9.80 Å². The molecule has 1 aliphatic rings. The molecule has 0 N–H and O–H groups in total. The van der Waals surface area contributed by atoms with Gasteiger partial charge in [-0.2, -0.15) is 0 Å². The highest BCUT2D eigenvalue weighted by atomic mass is 28.4. The van der Waals surface area contributed by atoms with Crippen molar-refractivity contribution in [3.8, 4) is 0 Å². The molecule has 1 rings (SSSR count). The van der Waals surface area contributed by atoms with Gasteiger partial charge in [-0.15, -0.1) is 0 Å². The average molecular weight is 411 g/mol. The Labute approximate surface area is 161 Å². The third-order valence-corrected chi connectivity index (χ3v) is 10.9. The second-order valence-electron chi connectivity index (χ2n) is 6.48. The van der Waals surface area contributed by atoms with Gasteiger partial charge in [0.2, 0.25) is 0 Å². The molecule has 10 heteroatoms. The second kappa shape index (κ2) is 12.5. The van der Waals surface area contributed by atoms with Gasteiger partial charge in [-0.1, -0.05) is 0 Å². The maximum atomic E-state index is 5.48. The molecule has 0 aromatic heterocycles. The minimum Gasteiger partial charge on any atom is -0.377 e. The molecule has 26 heavy (non-hydrogen) atoms. The first-order valence-electron chi connectivity index (χ1n) is 9.28. The molecule has 0 amide bonds. The zero-order valence-corrected chi connectivity index (χ0v) is 19.4. The Morgan fingerprint density at radius 2 is 0.808 bits per heavy atom. The van der Waals surface area contributed by atoms with Gasteiger partial charge in [0.15, 0.2) is 0 Å². The highest BCUT2D eigenvalue weighted by Gasteiger charge is 2.38. The molecule has 1 aliphatic heterocycles. The lowest BCUT2D eigenvalue weighted by Gasteiger charge is -2.35. The summed E-state index contributed by atoms with van der Waals surface area (Å²) < 4.78 is 32.9. The smallest absolute Gasteiger partial charge is 0.377 e. The predicted molar refractivity (Wildman–Crippen MR) is 105 cm³/mol. The molecule has 0 aliphatic carbocycles. The van der Waals surface area contributed by atoms with E-state index in [9.17, 15) is 0 Å². The average Bonchev–Trinajstić information content (AvgIpc) is 2.70. The monoisotopic (exact) mass is 410 g/mol. The van der Waals surface area contributed by atoms with Crippen LogP contribution in [0.15, 0.2) is 0 Å². The van der Waals surface area contributed by atoms with Crippen molar-refractivity contribution in [1.82, 2.24) is 9.80 Å². The lowest BCUT2D eigenvalue weighted by Crippen LogP contribution is -2.48. The lowest BCUT2D eigenvalue weighted by molar-refractivity contribution is 0.109. The molecule has 0 bridgehead atoms. The van der Waals surface area contributed by atoms with Crippen LogP contribution in [0.1, 0.15) is 12.8 Å². The summed E-state index contributed by atoms with van der Waals surface area (Å²) in [4.78, 5) is 5.02. The number of nitrogens with zero attached hydrogens (tertiary/aromatic N) is 2. The SMILES string of the molecule is CO[Si](CCCN1CCN(CCC[Si](OC)(OC)OC)CC1)(OC)OC. The van der Waals surface area contributed by atoms with Crippen LogP contribution in [0.5, 0.6) is 0 Å². The fourth-order valence-electron chi connectivity index (χ4n) is 3.39. The summed E-state index contributed by atoms with van der Waals surface area (Å²) in [5.74, 6) is 0. The van der Waals surface area contributed by atoms with Crippen molar-refractivity contribution >= 4 is 17.6 Å². The standard InChI is InChI=1S/C16H38N2O6Si2/c1-19-25(20-2,21-3)15-7-9-17-11-13-18(14-12-17)10-8-16-26(22-4,23-5)24-6/h7-16H2,1-6H3. The van der Waals surface area contributed by atoms with Crippen LogP contribution < -0.4 is 0 Å². The molecule has 1 heterocycles. The normalized spacial score (nSPS) is 17.8. The van der Waals surface area contributed by atoms with E-state index in [1.165, 1.54) is 0 Å². The van der Waals surface area contributed by atoms with Gasteiger partial charge in [-0.3, -0.25) is 0 Å². The van der Waals surface area contributed by atoms with Crippen molar-refractivity contribution < 1.29 is 26.6 Å². The summed E-state index contributed by atoms with van der Waals surface area (Å²) in [6.07, 6.45) is 2.07. The number of hydrogen-bond donors (Lipinski definition) is 0. The molecule has 0 aromatic rings. The Kier molecular flexibility index (Phi) is 11.7. The first kappa shape index (κ1) is 24.2. The van der Waals surface area contributed by atoms with Crippen LogP contribution >= 0.6 is 0 Å². The Hall–Kier alpha value is 0.114. The van der Waals surface area contributed by atoms with Gasteiger partial charge in [-0.05, 0) is 25.9 Å². The van der Waals surface area contributed by atoms with E-state index in [1.54, 1.807) is 42.7 Å². The fourth-order valence-corrected chi connectivity index (χ4v) is 6.79. The summed E-state index contributed by atoms with van der Waals surface area (Å²) in [6, 6.07) is 1.71. The summed E-state index contributed by atoms with van der Waals surface area (Å²) >= 11 is 0. The van der Waals surface area contributed by atoms with Crippen molar-refractivity contribution in [2.75, 3.05) is 81.9 Å². The van der Waals surface area contributed by atoms with Gasteiger partial charge < -0.3 is 36.4 Å². The minimum absolute atomic E-state index is 0.856.